The summed E-state index contributed by atoms with van der Waals surface area (Å²) in [6.07, 6.45) is 1.63. The Morgan fingerprint density at radius 3 is 2.67 bits per heavy atom. The van der Waals surface area contributed by atoms with E-state index in [1.807, 2.05) is 60.0 Å². The summed E-state index contributed by atoms with van der Waals surface area (Å²) in [6, 6.07) is 15.6. The Balaban J connectivity index is 1.71. The van der Waals surface area contributed by atoms with E-state index in [0.717, 1.165) is 22.3 Å². The van der Waals surface area contributed by atoms with Crippen molar-refractivity contribution in [2.24, 2.45) is 0 Å². The molecule has 7 heteroatoms. The minimum atomic E-state index is 0.629. The number of aryl methyl sites for hydroxylation is 1. The van der Waals surface area contributed by atoms with Crippen molar-refractivity contribution in [3.63, 3.8) is 0 Å². The van der Waals surface area contributed by atoms with Crippen LogP contribution in [0.5, 0.6) is 0 Å². The quantitative estimate of drug-likeness (QED) is 0.510. The zero-order chi connectivity index (χ0) is 16.4. The van der Waals surface area contributed by atoms with Crippen molar-refractivity contribution in [3.05, 3.63) is 66.2 Å². The Hall–Kier alpha value is -2.80. The number of thioether (sulfide) groups is 1. The van der Waals surface area contributed by atoms with Crippen LogP contribution in [0.4, 0.5) is 0 Å². The maximum absolute atomic E-state index is 5.50. The molecule has 4 aromatic rings. The summed E-state index contributed by atoms with van der Waals surface area (Å²) in [5.74, 6) is 2.78. The number of benzene rings is 1. The van der Waals surface area contributed by atoms with Gasteiger partial charge in [0.25, 0.3) is 0 Å². The summed E-state index contributed by atoms with van der Waals surface area (Å²) in [4.78, 5) is 0. The van der Waals surface area contributed by atoms with Gasteiger partial charge in [-0.25, -0.2) is 0 Å². The lowest BCUT2D eigenvalue weighted by Crippen LogP contribution is -1.99. The predicted octanol–water partition coefficient (Wildman–Crippen LogP) is 4.12. The lowest BCUT2D eigenvalue weighted by Gasteiger charge is -2.08. The Labute approximate surface area is 142 Å². The van der Waals surface area contributed by atoms with Crippen LogP contribution >= 0.6 is 11.8 Å². The molecule has 0 aliphatic rings. The SMILES string of the molecule is Cc1cc(CSc2nnc(-c3ccco3)n2-c2ccccc2)on1. The Bertz CT molecular complexity index is 929. The third-order valence-corrected chi connectivity index (χ3v) is 4.36. The van der Waals surface area contributed by atoms with Crippen molar-refractivity contribution in [2.45, 2.75) is 17.8 Å². The summed E-state index contributed by atoms with van der Waals surface area (Å²) in [5.41, 5.74) is 1.84. The number of furan rings is 1. The third kappa shape index (κ3) is 2.85. The number of para-hydroxylation sites is 1. The van der Waals surface area contributed by atoms with E-state index in [4.69, 9.17) is 8.94 Å². The summed E-state index contributed by atoms with van der Waals surface area (Å²) in [6.45, 7) is 1.90. The van der Waals surface area contributed by atoms with Crippen molar-refractivity contribution in [2.75, 3.05) is 0 Å². The first-order valence-electron chi connectivity index (χ1n) is 7.41. The van der Waals surface area contributed by atoms with Crippen LogP contribution in [0, 0.1) is 6.92 Å². The Morgan fingerprint density at radius 1 is 1.08 bits per heavy atom. The van der Waals surface area contributed by atoms with Crippen molar-refractivity contribution in [3.8, 4) is 17.3 Å². The predicted molar refractivity (Wildman–Crippen MR) is 89.9 cm³/mol. The van der Waals surface area contributed by atoms with Gasteiger partial charge in [0.1, 0.15) is 5.76 Å². The van der Waals surface area contributed by atoms with Crippen molar-refractivity contribution >= 4 is 11.8 Å². The molecule has 0 saturated carbocycles. The molecule has 0 bridgehead atoms. The van der Waals surface area contributed by atoms with Gasteiger partial charge in [-0.15, -0.1) is 10.2 Å². The molecular weight excluding hydrogens is 324 g/mol. The molecule has 0 fully saturated rings. The van der Waals surface area contributed by atoms with Crippen LogP contribution < -0.4 is 0 Å². The van der Waals surface area contributed by atoms with Gasteiger partial charge >= 0.3 is 0 Å². The molecule has 0 amide bonds. The van der Waals surface area contributed by atoms with Gasteiger partial charge in [0.2, 0.25) is 5.82 Å². The fourth-order valence-corrected chi connectivity index (χ4v) is 3.19. The maximum atomic E-state index is 5.50. The lowest BCUT2D eigenvalue weighted by atomic mass is 10.3. The van der Waals surface area contributed by atoms with E-state index in [1.54, 1.807) is 18.0 Å². The summed E-state index contributed by atoms with van der Waals surface area (Å²) < 4.78 is 12.7. The van der Waals surface area contributed by atoms with Gasteiger partial charge < -0.3 is 8.94 Å². The number of hydrogen-bond acceptors (Lipinski definition) is 6. The van der Waals surface area contributed by atoms with Gasteiger partial charge in [-0.1, -0.05) is 35.1 Å². The standard InChI is InChI=1S/C17H14N4O2S/c1-12-10-14(23-20-12)11-24-17-19-18-16(15-8-5-9-22-15)21(17)13-6-3-2-4-7-13/h2-10H,11H2,1H3. The molecule has 3 aromatic heterocycles. The molecule has 0 atom stereocenters. The molecule has 0 unspecified atom stereocenters. The average Bonchev–Trinajstić information content (AvgIpc) is 3.34. The topological polar surface area (TPSA) is 69.9 Å². The lowest BCUT2D eigenvalue weighted by molar-refractivity contribution is 0.391. The Morgan fingerprint density at radius 2 is 1.96 bits per heavy atom. The van der Waals surface area contributed by atoms with Gasteiger partial charge in [0.05, 0.1) is 17.7 Å². The molecule has 4 rings (SSSR count). The molecule has 6 nitrogen and oxygen atoms in total. The van der Waals surface area contributed by atoms with Gasteiger partial charge in [-0.2, -0.15) is 0 Å². The van der Waals surface area contributed by atoms with Crippen LogP contribution in [-0.4, -0.2) is 19.9 Å². The minimum Gasteiger partial charge on any atom is -0.461 e. The van der Waals surface area contributed by atoms with Gasteiger partial charge in [-0.3, -0.25) is 4.57 Å². The molecular formula is C17H14N4O2S. The highest BCUT2D eigenvalue weighted by atomic mass is 32.2. The maximum Gasteiger partial charge on any atom is 0.205 e. The zero-order valence-electron chi connectivity index (χ0n) is 12.9. The second kappa shape index (κ2) is 6.37. The molecule has 0 aliphatic carbocycles. The van der Waals surface area contributed by atoms with E-state index in [9.17, 15) is 0 Å². The van der Waals surface area contributed by atoms with Crippen molar-refractivity contribution in [1.29, 1.82) is 0 Å². The van der Waals surface area contributed by atoms with E-state index in [-0.39, 0.29) is 0 Å². The smallest absolute Gasteiger partial charge is 0.205 e. The van der Waals surface area contributed by atoms with Gasteiger partial charge in [-0.05, 0) is 31.2 Å². The van der Waals surface area contributed by atoms with Crippen LogP contribution in [0.25, 0.3) is 17.3 Å². The molecule has 24 heavy (non-hydrogen) atoms. The normalized spacial score (nSPS) is 11.0. The van der Waals surface area contributed by atoms with Crippen molar-refractivity contribution in [1.82, 2.24) is 19.9 Å². The van der Waals surface area contributed by atoms with Gasteiger partial charge in [0, 0.05) is 11.8 Å². The molecule has 120 valence electrons. The van der Waals surface area contributed by atoms with Crippen molar-refractivity contribution < 1.29 is 8.94 Å². The third-order valence-electron chi connectivity index (χ3n) is 3.41. The summed E-state index contributed by atoms with van der Waals surface area (Å²) in [7, 11) is 0. The zero-order valence-corrected chi connectivity index (χ0v) is 13.7. The average molecular weight is 338 g/mol. The summed E-state index contributed by atoms with van der Waals surface area (Å²) in [5, 5.41) is 13.3. The van der Waals surface area contributed by atoms with Crippen LogP contribution in [0.3, 0.4) is 0 Å². The first kappa shape index (κ1) is 14.8. The highest BCUT2D eigenvalue weighted by Crippen LogP contribution is 2.29. The number of nitrogens with zero attached hydrogens (tertiary/aromatic N) is 4. The first-order chi connectivity index (χ1) is 11.8. The minimum absolute atomic E-state index is 0.629. The molecule has 0 aliphatic heterocycles. The number of hydrogen-bond donors (Lipinski definition) is 0. The number of aromatic nitrogens is 4. The van der Waals surface area contributed by atoms with Gasteiger partial charge in [0.15, 0.2) is 10.9 Å². The Kier molecular flexibility index (Phi) is 3.92. The largest absolute Gasteiger partial charge is 0.461 e. The second-order valence-corrected chi connectivity index (χ2v) is 6.12. The molecule has 1 aromatic carbocycles. The number of rotatable bonds is 5. The van der Waals surface area contributed by atoms with E-state index >= 15 is 0 Å². The monoisotopic (exact) mass is 338 g/mol. The van der Waals surface area contributed by atoms with Crippen LogP contribution in [0.15, 0.2) is 68.9 Å². The van der Waals surface area contributed by atoms with E-state index < -0.39 is 0 Å². The second-order valence-electron chi connectivity index (χ2n) is 5.18. The van der Waals surface area contributed by atoms with Crippen LogP contribution in [0.2, 0.25) is 0 Å². The molecule has 0 N–H and O–H groups in total. The van der Waals surface area contributed by atoms with E-state index in [1.165, 1.54) is 0 Å². The van der Waals surface area contributed by atoms with E-state index in [0.29, 0.717) is 17.3 Å². The highest BCUT2D eigenvalue weighted by Gasteiger charge is 2.18. The summed E-state index contributed by atoms with van der Waals surface area (Å²) >= 11 is 1.54. The highest BCUT2D eigenvalue weighted by molar-refractivity contribution is 7.98. The molecule has 0 radical (unpaired) electrons. The fraction of sp³-hybridized carbons (Fsp3) is 0.118. The molecule has 3 heterocycles. The first-order valence-corrected chi connectivity index (χ1v) is 8.39. The van der Waals surface area contributed by atoms with Crippen LogP contribution in [0.1, 0.15) is 11.5 Å². The molecule has 0 saturated heterocycles. The van der Waals surface area contributed by atoms with E-state index in [2.05, 4.69) is 15.4 Å². The molecule has 0 spiro atoms. The van der Waals surface area contributed by atoms with Crippen LogP contribution in [-0.2, 0) is 5.75 Å². The fourth-order valence-electron chi connectivity index (χ4n) is 2.36.